The van der Waals surface area contributed by atoms with Crippen LogP contribution in [0, 0.1) is 6.92 Å². The Bertz CT molecular complexity index is 550. The van der Waals surface area contributed by atoms with Crippen LogP contribution >= 0.6 is 0 Å². The largest absolute Gasteiger partial charge is 0.354 e. The first-order valence-corrected chi connectivity index (χ1v) is 7.57. The Labute approximate surface area is 121 Å². The van der Waals surface area contributed by atoms with Crippen LogP contribution in [0.2, 0.25) is 0 Å². The molecule has 1 saturated heterocycles. The number of anilines is 1. The van der Waals surface area contributed by atoms with Crippen molar-refractivity contribution in [1.82, 2.24) is 4.98 Å². The van der Waals surface area contributed by atoms with Crippen LogP contribution < -0.4 is 4.90 Å². The minimum atomic E-state index is 0.643. The smallest absolute Gasteiger partial charge is 0.129 e. The van der Waals surface area contributed by atoms with E-state index < -0.39 is 0 Å². The molecule has 104 valence electrons. The Morgan fingerprint density at radius 3 is 2.75 bits per heavy atom. The van der Waals surface area contributed by atoms with Gasteiger partial charge in [-0.25, -0.2) is 4.98 Å². The highest BCUT2D eigenvalue weighted by molar-refractivity contribution is 5.41. The molecular weight excluding hydrogens is 244 g/mol. The van der Waals surface area contributed by atoms with Crippen molar-refractivity contribution in [2.24, 2.45) is 0 Å². The number of rotatable bonds is 4. The number of pyridine rings is 1. The number of nitrogens with zero attached hydrogens (tertiary/aromatic N) is 2. The van der Waals surface area contributed by atoms with E-state index in [9.17, 15) is 0 Å². The minimum Gasteiger partial charge on any atom is -0.354 e. The molecule has 1 atom stereocenters. The maximum Gasteiger partial charge on any atom is 0.129 e. The average Bonchev–Trinajstić information content (AvgIpc) is 2.95. The molecule has 2 heteroatoms. The van der Waals surface area contributed by atoms with Crippen molar-refractivity contribution in [3.8, 4) is 0 Å². The van der Waals surface area contributed by atoms with Crippen molar-refractivity contribution in [3.63, 3.8) is 0 Å². The van der Waals surface area contributed by atoms with Gasteiger partial charge in [0.15, 0.2) is 0 Å². The molecule has 0 spiro atoms. The first kappa shape index (κ1) is 13.2. The number of hydrogen-bond acceptors (Lipinski definition) is 2. The van der Waals surface area contributed by atoms with Crippen molar-refractivity contribution in [1.29, 1.82) is 0 Å². The van der Waals surface area contributed by atoms with Crippen LogP contribution in [0.1, 0.15) is 30.5 Å². The van der Waals surface area contributed by atoms with Crippen molar-refractivity contribution < 1.29 is 0 Å². The van der Waals surface area contributed by atoms with E-state index >= 15 is 0 Å². The van der Waals surface area contributed by atoms with E-state index in [4.69, 9.17) is 0 Å². The molecule has 2 nitrogen and oxygen atoms in total. The Kier molecular flexibility index (Phi) is 4.00. The molecule has 2 aromatic rings. The summed E-state index contributed by atoms with van der Waals surface area (Å²) in [5, 5.41) is 0. The molecule has 1 aromatic heterocycles. The molecule has 1 fully saturated rings. The summed E-state index contributed by atoms with van der Waals surface area (Å²) in [5.74, 6) is 1.15. The summed E-state index contributed by atoms with van der Waals surface area (Å²) in [5.41, 5.74) is 2.55. The fraction of sp³-hybridized carbons (Fsp3) is 0.389. The number of hydrogen-bond donors (Lipinski definition) is 0. The zero-order valence-electron chi connectivity index (χ0n) is 12.1. The maximum atomic E-state index is 4.69. The van der Waals surface area contributed by atoms with Gasteiger partial charge in [-0.2, -0.15) is 0 Å². The van der Waals surface area contributed by atoms with E-state index in [0.717, 1.165) is 24.5 Å². The van der Waals surface area contributed by atoms with Gasteiger partial charge in [-0.05, 0) is 50.3 Å². The van der Waals surface area contributed by atoms with E-state index in [0.29, 0.717) is 6.04 Å². The van der Waals surface area contributed by atoms with Gasteiger partial charge in [0.2, 0.25) is 0 Å². The third-order valence-electron chi connectivity index (χ3n) is 4.15. The average molecular weight is 266 g/mol. The lowest BCUT2D eigenvalue weighted by molar-refractivity contribution is 0.606. The normalized spacial score (nSPS) is 18.4. The number of aromatic nitrogens is 1. The highest BCUT2D eigenvalue weighted by atomic mass is 15.2. The summed E-state index contributed by atoms with van der Waals surface area (Å²) in [6.45, 7) is 3.22. The maximum absolute atomic E-state index is 4.69. The minimum absolute atomic E-state index is 0.643. The first-order valence-electron chi connectivity index (χ1n) is 7.57. The fourth-order valence-electron chi connectivity index (χ4n) is 3.10. The van der Waals surface area contributed by atoms with Crippen LogP contribution in [-0.2, 0) is 6.42 Å². The van der Waals surface area contributed by atoms with Crippen molar-refractivity contribution >= 4 is 5.82 Å². The molecule has 1 aromatic carbocycles. The molecule has 0 bridgehead atoms. The van der Waals surface area contributed by atoms with Gasteiger partial charge in [-0.3, -0.25) is 0 Å². The lowest BCUT2D eigenvalue weighted by Gasteiger charge is -2.26. The van der Waals surface area contributed by atoms with E-state index in [1.165, 1.54) is 24.8 Å². The lowest BCUT2D eigenvalue weighted by atomic mass is 10.0. The van der Waals surface area contributed by atoms with Crippen LogP contribution in [0.3, 0.4) is 0 Å². The predicted octanol–water partition coefficient (Wildman–Crippen LogP) is 3.99. The summed E-state index contributed by atoms with van der Waals surface area (Å²) in [6, 6.07) is 17.8. The summed E-state index contributed by atoms with van der Waals surface area (Å²) in [7, 11) is 0. The standard InChI is InChI=1S/C18H22N2/c1-15-7-5-11-18(19-15)20-14-6-10-17(20)13-12-16-8-3-2-4-9-16/h2-5,7-9,11,17H,6,10,12-14H2,1H3. The van der Waals surface area contributed by atoms with Gasteiger partial charge < -0.3 is 4.90 Å². The Balaban J connectivity index is 1.67. The molecule has 0 aliphatic carbocycles. The molecular formula is C18H22N2. The van der Waals surface area contributed by atoms with E-state index in [1.807, 2.05) is 0 Å². The van der Waals surface area contributed by atoms with Crippen molar-refractivity contribution in [2.45, 2.75) is 38.6 Å². The second-order valence-electron chi connectivity index (χ2n) is 5.65. The molecule has 20 heavy (non-hydrogen) atoms. The second kappa shape index (κ2) is 6.08. The Morgan fingerprint density at radius 2 is 1.95 bits per heavy atom. The van der Waals surface area contributed by atoms with Gasteiger partial charge in [0, 0.05) is 18.3 Å². The second-order valence-corrected chi connectivity index (χ2v) is 5.65. The van der Waals surface area contributed by atoms with E-state index in [2.05, 4.69) is 65.3 Å². The quantitative estimate of drug-likeness (QED) is 0.831. The van der Waals surface area contributed by atoms with Gasteiger partial charge in [-0.1, -0.05) is 36.4 Å². The van der Waals surface area contributed by atoms with Gasteiger partial charge >= 0.3 is 0 Å². The van der Waals surface area contributed by atoms with Crippen LogP contribution in [0.4, 0.5) is 5.82 Å². The number of benzene rings is 1. The molecule has 1 unspecified atom stereocenters. The summed E-state index contributed by atoms with van der Waals surface area (Å²) in [6.07, 6.45) is 4.96. The Morgan fingerprint density at radius 1 is 1.10 bits per heavy atom. The van der Waals surface area contributed by atoms with Crippen LogP contribution in [-0.4, -0.2) is 17.6 Å². The lowest BCUT2D eigenvalue weighted by Crippen LogP contribution is -2.30. The van der Waals surface area contributed by atoms with Gasteiger partial charge in [0.1, 0.15) is 5.82 Å². The molecule has 0 saturated carbocycles. The van der Waals surface area contributed by atoms with Crippen LogP contribution in [0.5, 0.6) is 0 Å². The van der Waals surface area contributed by atoms with E-state index in [1.54, 1.807) is 0 Å². The van der Waals surface area contributed by atoms with Crippen LogP contribution in [0.15, 0.2) is 48.5 Å². The van der Waals surface area contributed by atoms with Gasteiger partial charge in [0.25, 0.3) is 0 Å². The van der Waals surface area contributed by atoms with Crippen molar-refractivity contribution in [2.75, 3.05) is 11.4 Å². The van der Waals surface area contributed by atoms with Crippen molar-refractivity contribution in [3.05, 3.63) is 59.8 Å². The van der Waals surface area contributed by atoms with E-state index in [-0.39, 0.29) is 0 Å². The zero-order valence-corrected chi connectivity index (χ0v) is 12.1. The zero-order chi connectivity index (χ0) is 13.8. The first-order chi connectivity index (χ1) is 9.83. The molecule has 1 aliphatic heterocycles. The molecule has 2 heterocycles. The topological polar surface area (TPSA) is 16.1 Å². The highest BCUT2D eigenvalue weighted by Gasteiger charge is 2.25. The summed E-state index contributed by atoms with van der Waals surface area (Å²) < 4.78 is 0. The molecule has 0 N–H and O–H groups in total. The highest BCUT2D eigenvalue weighted by Crippen LogP contribution is 2.26. The predicted molar refractivity (Wildman–Crippen MR) is 84.1 cm³/mol. The fourth-order valence-corrected chi connectivity index (χ4v) is 3.10. The molecule has 0 amide bonds. The third-order valence-corrected chi connectivity index (χ3v) is 4.15. The van der Waals surface area contributed by atoms with Gasteiger partial charge in [-0.15, -0.1) is 0 Å². The third kappa shape index (κ3) is 3.01. The monoisotopic (exact) mass is 266 g/mol. The molecule has 1 aliphatic rings. The number of aryl methyl sites for hydroxylation is 2. The summed E-state index contributed by atoms with van der Waals surface area (Å²) in [4.78, 5) is 7.18. The van der Waals surface area contributed by atoms with Gasteiger partial charge in [0.05, 0.1) is 0 Å². The van der Waals surface area contributed by atoms with Crippen LogP contribution in [0.25, 0.3) is 0 Å². The Hall–Kier alpha value is -1.83. The molecule has 0 radical (unpaired) electrons. The molecule has 3 rings (SSSR count). The summed E-state index contributed by atoms with van der Waals surface area (Å²) >= 11 is 0. The SMILES string of the molecule is Cc1cccc(N2CCCC2CCc2ccccc2)n1.